The van der Waals surface area contributed by atoms with Crippen LogP contribution in [0, 0.1) is 0 Å². The number of sulfonamides is 1. The molecule has 1 heterocycles. The molecule has 22 heavy (non-hydrogen) atoms. The van der Waals surface area contributed by atoms with Gasteiger partial charge in [-0.2, -0.15) is 8.42 Å². The smallest absolute Gasteiger partial charge is 0.374 e. The summed E-state index contributed by atoms with van der Waals surface area (Å²) < 4.78 is 35.7. The van der Waals surface area contributed by atoms with Crippen molar-refractivity contribution in [2.75, 3.05) is 18.0 Å². The molecule has 8 heteroatoms. The summed E-state index contributed by atoms with van der Waals surface area (Å²) in [7, 11) is -2.61. The Morgan fingerprint density at radius 1 is 1.23 bits per heavy atom. The largest absolute Gasteiger partial charge is 0.508 e. The minimum absolute atomic E-state index is 0.0251. The average Bonchev–Trinajstić information content (AvgIpc) is 2.98. The third kappa shape index (κ3) is 3.06. The molecule has 0 atom stereocenters. The van der Waals surface area contributed by atoms with Crippen LogP contribution in [0.25, 0.3) is 0 Å². The van der Waals surface area contributed by atoms with Crippen molar-refractivity contribution in [2.24, 2.45) is 0 Å². The van der Waals surface area contributed by atoms with E-state index in [1.54, 1.807) is 6.92 Å². The summed E-state index contributed by atoms with van der Waals surface area (Å²) >= 11 is 0. The molecule has 1 aromatic carbocycles. The van der Waals surface area contributed by atoms with Crippen molar-refractivity contribution in [3.05, 3.63) is 42.2 Å². The molecule has 2 rings (SSSR count). The van der Waals surface area contributed by atoms with Crippen molar-refractivity contribution in [3.8, 4) is 5.75 Å². The molecule has 0 fully saturated rings. The fraction of sp³-hybridized carbons (Fsp3) is 0.214. The molecule has 0 bridgehead atoms. The van der Waals surface area contributed by atoms with Crippen LogP contribution in [0.5, 0.6) is 5.75 Å². The van der Waals surface area contributed by atoms with E-state index in [0.29, 0.717) is 5.69 Å². The first-order valence-electron chi connectivity index (χ1n) is 6.41. The van der Waals surface area contributed by atoms with Gasteiger partial charge in [0, 0.05) is 7.05 Å². The summed E-state index contributed by atoms with van der Waals surface area (Å²) in [5.41, 5.74) is 0.340. The highest BCUT2D eigenvalue weighted by molar-refractivity contribution is 7.92. The van der Waals surface area contributed by atoms with Crippen molar-refractivity contribution in [1.29, 1.82) is 0 Å². The SMILES string of the molecule is CCOC(=O)c1ccc(S(=O)(=O)N(C)c2ccc(O)cc2)o1. The maximum absolute atomic E-state index is 12.4. The number of ether oxygens (including phenoxy) is 1. The topological polar surface area (TPSA) is 97.1 Å². The van der Waals surface area contributed by atoms with E-state index in [-0.39, 0.29) is 23.2 Å². The van der Waals surface area contributed by atoms with Crippen LogP contribution in [0.4, 0.5) is 5.69 Å². The van der Waals surface area contributed by atoms with E-state index in [0.717, 1.165) is 4.31 Å². The third-order valence-corrected chi connectivity index (χ3v) is 4.55. The number of benzene rings is 1. The number of nitrogens with zero attached hydrogens (tertiary/aromatic N) is 1. The standard InChI is InChI=1S/C14H15NO6S/c1-3-20-14(17)12-8-9-13(21-12)22(18,19)15(2)10-4-6-11(16)7-5-10/h4-9,16H,3H2,1-2H3. The fourth-order valence-corrected chi connectivity index (χ4v) is 2.81. The van der Waals surface area contributed by atoms with Crippen LogP contribution in [0.2, 0.25) is 0 Å². The first kappa shape index (κ1) is 15.9. The number of hydrogen-bond acceptors (Lipinski definition) is 6. The lowest BCUT2D eigenvalue weighted by Gasteiger charge is -2.17. The molecule has 0 radical (unpaired) electrons. The second-order valence-corrected chi connectivity index (χ2v) is 6.23. The van der Waals surface area contributed by atoms with E-state index in [9.17, 15) is 18.3 Å². The summed E-state index contributed by atoms with van der Waals surface area (Å²) in [4.78, 5) is 11.5. The Morgan fingerprint density at radius 2 is 1.86 bits per heavy atom. The quantitative estimate of drug-likeness (QED) is 0.844. The summed E-state index contributed by atoms with van der Waals surface area (Å²) in [6, 6.07) is 8.07. The number of furan rings is 1. The van der Waals surface area contributed by atoms with Crippen LogP contribution in [0.1, 0.15) is 17.5 Å². The van der Waals surface area contributed by atoms with Gasteiger partial charge in [-0.1, -0.05) is 0 Å². The van der Waals surface area contributed by atoms with Gasteiger partial charge in [0.05, 0.1) is 12.3 Å². The summed E-state index contributed by atoms with van der Waals surface area (Å²) in [5.74, 6) is -0.882. The molecule has 0 saturated carbocycles. The van der Waals surface area contributed by atoms with E-state index in [4.69, 9.17) is 9.15 Å². The number of carbonyl (C=O) groups excluding carboxylic acids is 1. The Kier molecular flexibility index (Phi) is 4.41. The van der Waals surface area contributed by atoms with E-state index >= 15 is 0 Å². The lowest BCUT2D eigenvalue weighted by molar-refractivity contribution is 0.0484. The van der Waals surface area contributed by atoms with Gasteiger partial charge in [0.25, 0.3) is 10.0 Å². The number of esters is 1. The Morgan fingerprint density at radius 3 is 2.45 bits per heavy atom. The minimum Gasteiger partial charge on any atom is -0.508 e. The van der Waals surface area contributed by atoms with Crippen molar-refractivity contribution in [1.82, 2.24) is 0 Å². The van der Waals surface area contributed by atoms with Gasteiger partial charge in [0.1, 0.15) is 5.75 Å². The molecule has 0 saturated heterocycles. The first-order valence-corrected chi connectivity index (χ1v) is 7.85. The second-order valence-electron chi connectivity index (χ2n) is 4.33. The van der Waals surface area contributed by atoms with Gasteiger partial charge in [0.2, 0.25) is 10.9 Å². The summed E-state index contributed by atoms with van der Waals surface area (Å²) in [6.45, 7) is 1.80. The number of carbonyl (C=O) groups is 1. The molecule has 0 amide bonds. The van der Waals surface area contributed by atoms with Gasteiger partial charge in [-0.15, -0.1) is 0 Å². The van der Waals surface area contributed by atoms with E-state index < -0.39 is 16.0 Å². The zero-order valence-corrected chi connectivity index (χ0v) is 12.8. The lowest BCUT2D eigenvalue weighted by Crippen LogP contribution is -2.26. The Balaban J connectivity index is 2.30. The monoisotopic (exact) mass is 325 g/mol. The van der Waals surface area contributed by atoms with Crippen LogP contribution in [0.15, 0.2) is 45.9 Å². The molecule has 0 unspecified atom stereocenters. The highest BCUT2D eigenvalue weighted by Gasteiger charge is 2.26. The lowest BCUT2D eigenvalue weighted by atomic mass is 10.3. The van der Waals surface area contributed by atoms with E-state index in [1.807, 2.05) is 0 Å². The second kappa shape index (κ2) is 6.10. The number of rotatable bonds is 5. The van der Waals surface area contributed by atoms with Crippen LogP contribution >= 0.6 is 0 Å². The van der Waals surface area contributed by atoms with E-state index in [2.05, 4.69) is 0 Å². The number of anilines is 1. The molecular weight excluding hydrogens is 310 g/mol. The number of phenolic OH excluding ortho intramolecular Hbond substituents is 1. The number of hydrogen-bond donors (Lipinski definition) is 1. The van der Waals surface area contributed by atoms with Gasteiger partial charge in [-0.25, -0.2) is 4.79 Å². The van der Waals surface area contributed by atoms with Gasteiger partial charge >= 0.3 is 5.97 Å². The molecule has 0 aliphatic heterocycles. The van der Waals surface area contributed by atoms with Crippen molar-refractivity contribution in [3.63, 3.8) is 0 Å². The highest BCUT2D eigenvalue weighted by Crippen LogP contribution is 2.25. The Bertz CT molecular complexity index is 763. The van der Waals surface area contributed by atoms with Crippen molar-refractivity contribution < 1.29 is 27.5 Å². The zero-order chi connectivity index (χ0) is 16.3. The van der Waals surface area contributed by atoms with Crippen LogP contribution in [0.3, 0.4) is 0 Å². The molecule has 0 spiro atoms. The molecule has 1 N–H and O–H groups in total. The zero-order valence-electron chi connectivity index (χ0n) is 12.0. The number of phenols is 1. The highest BCUT2D eigenvalue weighted by atomic mass is 32.2. The Hall–Kier alpha value is -2.48. The maximum Gasteiger partial charge on any atom is 0.374 e. The predicted molar refractivity (Wildman–Crippen MR) is 78.4 cm³/mol. The summed E-state index contributed by atoms with van der Waals surface area (Å²) in [5, 5.41) is 8.87. The van der Waals surface area contributed by atoms with Gasteiger partial charge in [0.15, 0.2) is 0 Å². The first-order chi connectivity index (χ1) is 10.4. The maximum atomic E-state index is 12.4. The molecule has 2 aromatic rings. The van der Waals surface area contributed by atoms with Gasteiger partial charge < -0.3 is 14.3 Å². The summed E-state index contributed by atoms with van der Waals surface area (Å²) in [6.07, 6.45) is 0. The van der Waals surface area contributed by atoms with Crippen molar-refractivity contribution >= 4 is 21.7 Å². The molecule has 1 aromatic heterocycles. The van der Waals surface area contributed by atoms with Crippen LogP contribution < -0.4 is 4.31 Å². The van der Waals surface area contributed by atoms with E-state index in [1.165, 1.54) is 43.4 Å². The molecule has 0 aliphatic rings. The molecule has 118 valence electrons. The Labute approximate surface area is 127 Å². The van der Waals surface area contributed by atoms with Crippen LogP contribution in [-0.2, 0) is 14.8 Å². The average molecular weight is 325 g/mol. The molecule has 7 nitrogen and oxygen atoms in total. The van der Waals surface area contributed by atoms with Crippen molar-refractivity contribution in [2.45, 2.75) is 12.0 Å². The molecular formula is C14H15NO6S. The number of aromatic hydroxyl groups is 1. The third-order valence-electron chi connectivity index (χ3n) is 2.89. The van der Waals surface area contributed by atoms with Gasteiger partial charge in [-0.05, 0) is 43.3 Å². The minimum atomic E-state index is -3.96. The predicted octanol–water partition coefficient (Wildman–Crippen LogP) is 1.99. The molecule has 0 aliphatic carbocycles. The van der Waals surface area contributed by atoms with Crippen LogP contribution in [-0.4, -0.2) is 33.1 Å². The normalized spacial score (nSPS) is 11.2. The fourth-order valence-electron chi connectivity index (χ4n) is 1.71. The van der Waals surface area contributed by atoms with Gasteiger partial charge in [-0.3, -0.25) is 4.31 Å².